The van der Waals surface area contributed by atoms with Crippen molar-refractivity contribution in [2.75, 3.05) is 11.5 Å². The Morgan fingerprint density at radius 2 is 0.688 bits per heavy atom. The molecule has 2 rings (SSSR count). The van der Waals surface area contributed by atoms with Crippen LogP contribution in [0.4, 0.5) is 11.4 Å². The third kappa shape index (κ3) is 5.88. The summed E-state index contributed by atoms with van der Waals surface area (Å²) >= 11 is 0. The van der Waals surface area contributed by atoms with E-state index < -0.39 is 0 Å². The molecule has 0 unspecified atom stereocenters. The molecule has 0 saturated heterocycles. The van der Waals surface area contributed by atoms with Crippen molar-refractivity contribution in [2.24, 2.45) is 0 Å². The number of anilines is 2. The van der Waals surface area contributed by atoms with Gasteiger partial charge in [-0.1, -0.05) is 95.2 Å². The minimum atomic E-state index is 0.0203. The zero-order chi connectivity index (χ0) is 24.9. The van der Waals surface area contributed by atoms with Gasteiger partial charge in [0, 0.05) is 11.4 Å². The quantitative estimate of drug-likeness (QED) is 0.482. The molecule has 0 radical (unpaired) electrons. The molecule has 0 aliphatic heterocycles. The first kappa shape index (κ1) is 26.3. The average molecular weight is 437 g/mol. The highest BCUT2D eigenvalue weighted by Gasteiger charge is 2.26. The summed E-state index contributed by atoms with van der Waals surface area (Å²) in [4.78, 5) is 0. The monoisotopic (exact) mass is 436 g/mol. The van der Waals surface area contributed by atoms with E-state index in [1.807, 2.05) is 0 Å². The third-order valence-electron chi connectivity index (χ3n) is 6.45. The first-order valence-electron chi connectivity index (χ1n) is 12.1. The molecule has 2 nitrogen and oxygen atoms in total. The van der Waals surface area contributed by atoms with Gasteiger partial charge in [-0.2, -0.15) is 0 Å². The third-order valence-corrected chi connectivity index (χ3v) is 6.45. The number of benzene rings is 2. The maximum atomic E-state index is 6.53. The van der Waals surface area contributed by atoms with E-state index in [2.05, 4.69) is 107 Å². The summed E-state index contributed by atoms with van der Waals surface area (Å²) < 4.78 is 0. The fourth-order valence-electron chi connectivity index (χ4n) is 4.70. The molecule has 4 N–H and O–H groups in total. The van der Waals surface area contributed by atoms with Gasteiger partial charge in [-0.3, -0.25) is 0 Å². The van der Waals surface area contributed by atoms with E-state index in [9.17, 15) is 0 Å². The van der Waals surface area contributed by atoms with Crippen LogP contribution in [0.2, 0.25) is 0 Å². The first-order chi connectivity index (χ1) is 14.2. The molecule has 0 bridgehead atoms. The summed E-state index contributed by atoms with van der Waals surface area (Å²) in [6.07, 6.45) is 1.99. The Morgan fingerprint density at radius 1 is 0.438 bits per heavy atom. The minimum absolute atomic E-state index is 0.0203. The SMILES string of the molecule is CC(C)(C)c1cc(CCc2cc(C(C)(C)C)c(N)cc2C(C)(C)C)c(C(C)(C)C)cc1N. The van der Waals surface area contributed by atoms with Crippen molar-refractivity contribution >= 4 is 11.4 Å². The zero-order valence-corrected chi connectivity index (χ0v) is 22.9. The van der Waals surface area contributed by atoms with Crippen LogP contribution in [0.1, 0.15) is 116 Å². The van der Waals surface area contributed by atoms with Crippen LogP contribution in [0, 0.1) is 0 Å². The summed E-state index contributed by atoms with van der Waals surface area (Å²) in [5, 5.41) is 0. The molecule has 0 saturated carbocycles. The van der Waals surface area contributed by atoms with Gasteiger partial charge in [0.05, 0.1) is 0 Å². The topological polar surface area (TPSA) is 52.0 Å². The number of rotatable bonds is 3. The van der Waals surface area contributed by atoms with Gasteiger partial charge in [-0.15, -0.1) is 0 Å². The van der Waals surface area contributed by atoms with Crippen molar-refractivity contribution in [2.45, 2.75) is 118 Å². The average Bonchev–Trinajstić information content (AvgIpc) is 2.57. The molecule has 0 aliphatic carbocycles. The molecule has 178 valence electrons. The molecule has 0 atom stereocenters. The molecular formula is C30H48N2. The second-order valence-corrected chi connectivity index (χ2v) is 13.7. The van der Waals surface area contributed by atoms with Gasteiger partial charge in [0.1, 0.15) is 0 Å². The Hall–Kier alpha value is -1.96. The van der Waals surface area contributed by atoms with Crippen molar-refractivity contribution in [3.63, 3.8) is 0 Å². The highest BCUT2D eigenvalue weighted by atomic mass is 14.6. The fraction of sp³-hybridized carbons (Fsp3) is 0.600. The molecule has 2 heteroatoms. The Morgan fingerprint density at radius 3 is 0.906 bits per heavy atom. The predicted octanol–water partition coefficient (Wildman–Crippen LogP) is 7.83. The Balaban J connectivity index is 2.62. The van der Waals surface area contributed by atoms with Crippen LogP contribution in [-0.4, -0.2) is 0 Å². The van der Waals surface area contributed by atoms with Crippen molar-refractivity contribution in [1.82, 2.24) is 0 Å². The van der Waals surface area contributed by atoms with E-state index in [1.165, 1.54) is 33.4 Å². The van der Waals surface area contributed by atoms with E-state index >= 15 is 0 Å². The maximum Gasteiger partial charge on any atom is 0.0355 e. The highest BCUT2D eigenvalue weighted by Crippen LogP contribution is 2.38. The summed E-state index contributed by atoms with van der Waals surface area (Å²) in [5.41, 5.74) is 23.0. The molecule has 32 heavy (non-hydrogen) atoms. The second-order valence-electron chi connectivity index (χ2n) is 13.7. The molecule has 0 aliphatic rings. The van der Waals surface area contributed by atoms with Gasteiger partial charge < -0.3 is 11.5 Å². The molecule has 0 heterocycles. The van der Waals surface area contributed by atoms with Crippen LogP contribution < -0.4 is 11.5 Å². The zero-order valence-electron chi connectivity index (χ0n) is 22.9. The second kappa shape index (κ2) is 8.43. The highest BCUT2D eigenvalue weighted by molar-refractivity contribution is 5.58. The Labute approximate surface area is 198 Å². The lowest BCUT2D eigenvalue weighted by atomic mass is 9.75. The van der Waals surface area contributed by atoms with Gasteiger partial charge >= 0.3 is 0 Å². The maximum absolute atomic E-state index is 6.53. The van der Waals surface area contributed by atoms with Crippen LogP contribution in [0.5, 0.6) is 0 Å². The molecular weight excluding hydrogens is 388 g/mol. The Bertz CT molecular complexity index is 887. The number of nitrogens with two attached hydrogens (primary N) is 2. The van der Waals surface area contributed by atoms with Crippen LogP contribution in [0.3, 0.4) is 0 Å². The summed E-state index contributed by atoms with van der Waals surface area (Å²) in [7, 11) is 0. The lowest BCUT2D eigenvalue weighted by Crippen LogP contribution is -2.21. The number of hydrogen-bond donors (Lipinski definition) is 2. The van der Waals surface area contributed by atoms with E-state index in [-0.39, 0.29) is 21.7 Å². The van der Waals surface area contributed by atoms with Crippen molar-refractivity contribution in [3.8, 4) is 0 Å². The van der Waals surface area contributed by atoms with E-state index in [4.69, 9.17) is 11.5 Å². The fourth-order valence-corrected chi connectivity index (χ4v) is 4.70. The van der Waals surface area contributed by atoms with Crippen molar-refractivity contribution in [1.29, 1.82) is 0 Å². The molecule has 0 spiro atoms. The molecule has 0 amide bonds. The molecule has 2 aromatic rings. The van der Waals surface area contributed by atoms with Crippen molar-refractivity contribution in [3.05, 3.63) is 57.6 Å². The van der Waals surface area contributed by atoms with E-state index in [1.54, 1.807) is 0 Å². The van der Waals surface area contributed by atoms with Gasteiger partial charge in [-0.25, -0.2) is 0 Å². The van der Waals surface area contributed by atoms with Crippen molar-refractivity contribution < 1.29 is 0 Å². The van der Waals surface area contributed by atoms with Gasteiger partial charge in [0.15, 0.2) is 0 Å². The molecule has 0 fully saturated rings. The van der Waals surface area contributed by atoms with Gasteiger partial charge in [-0.05, 0) is 80.0 Å². The number of nitrogen functional groups attached to an aromatic ring is 2. The normalized spacial score (nSPS) is 13.5. The molecule has 2 aromatic carbocycles. The summed E-state index contributed by atoms with van der Waals surface area (Å²) in [5.74, 6) is 0. The first-order valence-corrected chi connectivity index (χ1v) is 12.1. The minimum Gasteiger partial charge on any atom is -0.398 e. The predicted molar refractivity (Wildman–Crippen MR) is 144 cm³/mol. The van der Waals surface area contributed by atoms with Crippen LogP contribution in [-0.2, 0) is 34.5 Å². The van der Waals surface area contributed by atoms with E-state index in [0.717, 1.165) is 24.2 Å². The lowest BCUT2D eigenvalue weighted by molar-refractivity contribution is 0.565. The van der Waals surface area contributed by atoms with Crippen LogP contribution in [0.25, 0.3) is 0 Å². The van der Waals surface area contributed by atoms with Gasteiger partial charge in [0.2, 0.25) is 0 Å². The number of hydrogen-bond acceptors (Lipinski definition) is 2. The van der Waals surface area contributed by atoms with Gasteiger partial charge in [0.25, 0.3) is 0 Å². The summed E-state index contributed by atoms with van der Waals surface area (Å²) in [6.45, 7) is 27.1. The largest absolute Gasteiger partial charge is 0.398 e. The Kier molecular flexibility index (Phi) is 6.93. The smallest absolute Gasteiger partial charge is 0.0355 e. The van der Waals surface area contributed by atoms with Crippen LogP contribution >= 0.6 is 0 Å². The number of aryl methyl sites for hydroxylation is 2. The standard InChI is InChI=1S/C30H48N2/c1-27(2,3)21-17-25(31)23(29(7,8)9)15-19(21)13-14-20-16-24(30(10,11)12)26(32)18-22(20)28(4,5)6/h15-18H,13-14,31-32H2,1-12H3. The van der Waals surface area contributed by atoms with Crippen LogP contribution in [0.15, 0.2) is 24.3 Å². The lowest BCUT2D eigenvalue weighted by Gasteiger charge is -2.30. The van der Waals surface area contributed by atoms with E-state index in [0.29, 0.717) is 0 Å². The summed E-state index contributed by atoms with van der Waals surface area (Å²) in [6, 6.07) is 9.19. The molecule has 0 aromatic heterocycles.